The summed E-state index contributed by atoms with van der Waals surface area (Å²) in [6, 6.07) is 11.3. The topological polar surface area (TPSA) is 62.0 Å². The highest BCUT2D eigenvalue weighted by Gasteiger charge is 2.01. The molecule has 0 spiro atoms. The second-order valence-electron chi connectivity index (χ2n) is 3.51. The zero-order chi connectivity index (χ0) is 13.0. The van der Waals surface area contributed by atoms with Crippen LogP contribution in [0.25, 0.3) is 0 Å². The first-order valence-corrected chi connectivity index (χ1v) is 5.53. The lowest BCUT2D eigenvalue weighted by atomic mass is 10.2. The number of phenols is 1. The maximum atomic E-state index is 10.6. The molecule has 4 nitrogen and oxygen atoms in total. The number of azo groups is 1. The lowest BCUT2D eigenvalue weighted by Crippen LogP contribution is -1.79. The van der Waals surface area contributed by atoms with Gasteiger partial charge >= 0.3 is 0 Å². The van der Waals surface area contributed by atoms with E-state index < -0.39 is 0 Å². The lowest BCUT2D eigenvalue weighted by Gasteiger charge is -1.98. The summed E-state index contributed by atoms with van der Waals surface area (Å²) < 4.78 is 0. The molecular formula is C13H9ClN2O2. The van der Waals surface area contributed by atoms with Crippen LogP contribution in [0.4, 0.5) is 11.4 Å². The summed E-state index contributed by atoms with van der Waals surface area (Å²) in [5.41, 5.74) is 1.28. The molecule has 0 radical (unpaired) electrons. The largest absolute Gasteiger partial charge is 0.506 e. The van der Waals surface area contributed by atoms with Gasteiger partial charge in [-0.25, -0.2) is 0 Å². The van der Waals surface area contributed by atoms with Crippen molar-refractivity contribution in [2.75, 3.05) is 0 Å². The van der Waals surface area contributed by atoms with Gasteiger partial charge < -0.3 is 5.11 Å². The normalized spacial score (nSPS) is 10.7. The Balaban J connectivity index is 2.27. The molecule has 0 unspecified atom stereocenters. The van der Waals surface area contributed by atoms with Crippen LogP contribution < -0.4 is 0 Å². The number of hydrogen-bond donors (Lipinski definition) is 1. The standard InChI is InChI=1S/C13H9ClN2O2/c14-11-7-10(6-5-9(11)8-17)15-16-12-3-1-2-4-13(12)18/h1-8,18H. The van der Waals surface area contributed by atoms with Crippen molar-refractivity contribution in [3.8, 4) is 5.75 Å². The van der Waals surface area contributed by atoms with Crippen LogP contribution in [0.1, 0.15) is 10.4 Å². The van der Waals surface area contributed by atoms with Crippen LogP contribution in [0, 0.1) is 0 Å². The van der Waals surface area contributed by atoms with Gasteiger partial charge in [0, 0.05) is 5.56 Å². The van der Waals surface area contributed by atoms with E-state index in [4.69, 9.17) is 11.6 Å². The van der Waals surface area contributed by atoms with Gasteiger partial charge in [0.2, 0.25) is 0 Å². The van der Waals surface area contributed by atoms with Crippen LogP contribution in [0.2, 0.25) is 5.02 Å². The molecule has 5 heteroatoms. The fourth-order valence-corrected chi connectivity index (χ4v) is 1.55. The molecule has 2 aromatic carbocycles. The van der Waals surface area contributed by atoms with Crippen molar-refractivity contribution in [1.82, 2.24) is 0 Å². The van der Waals surface area contributed by atoms with E-state index in [0.29, 0.717) is 28.2 Å². The second-order valence-corrected chi connectivity index (χ2v) is 3.92. The number of aromatic hydroxyl groups is 1. The molecule has 1 N–H and O–H groups in total. The molecule has 90 valence electrons. The smallest absolute Gasteiger partial charge is 0.151 e. The SMILES string of the molecule is O=Cc1ccc(N=Nc2ccccc2O)cc1Cl. The Morgan fingerprint density at radius 2 is 1.89 bits per heavy atom. The van der Waals surface area contributed by atoms with Gasteiger partial charge in [0.25, 0.3) is 0 Å². The van der Waals surface area contributed by atoms with Gasteiger partial charge in [-0.1, -0.05) is 23.7 Å². The monoisotopic (exact) mass is 260 g/mol. The van der Waals surface area contributed by atoms with Gasteiger partial charge in [0.1, 0.15) is 11.4 Å². The molecule has 0 aliphatic heterocycles. The van der Waals surface area contributed by atoms with Crippen LogP contribution in [-0.2, 0) is 0 Å². The van der Waals surface area contributed by atoms with Crippen LogP contribution >= 0.6 is 11.6 Å². The summed E-state index contributed by atoms with van der Waals surface area (Å²) in [6.45, 7) is 0. The number of carbonyl (C=O) groups excluding carboxylic acids is 1. The van der Waals surface area contributed by atoms with Gasteiger partial charge in [0.15, 0.2) is 6.29 Å². The minimum Gasteiger partial charge on any atom is -0.506 e. The molecule has 0 aromatic heterocycles. The third-order valence-corrected chi connectivity index (χ3v) is 2.59. The van der Waals surface area contributed by atoms with Crippen molar-refractivity contribution in [2.45, 2.75) is 0 Å². The van der Waals surface area contributed by atoms with E-state index in [2.05, 4.69) is 10.2 Å². The van der Waals surface area contributed by atoms with Crippen LogP contribution in [0.3, 0.4) is 0 Å². The number of benzene rings is 2. The van der Waals surface area contributed by atoms with E-state index in [0.717, 1.165) is 0 Å². The zero-order valence-electron chi connectivity index (χ0n) is 9.25. The number of phenolic OH excluding ortho intramolecular Hbond substituents is 1. The fraction of sp³-hybridized carbons (Fsp3) is 0. The first-order chi connectivity index (χ1) is 8.70. The van der Waals surface area contributed by atoms with Crippen molar-refractivity contribution < 1.29 is 9.90 Å². The van der Waals surface area contributed by atoms with E-state index in [9.17, 15) is 9.90 Å². The number of nitrogens with zero attached hydrogens (tertiary/aromatic N) is 2. The third-order valence-electron chi connectivity index (χ3n) is 2.27. The Kier molecular flexibility index (Phi) is 3.69. The van der Waals surface area contributed by atoms with E-state index in [1.807, 2.05) is 0 Å². The number of carbonyl (C=O) groups is 1. The quantitative estimate of drug-likeness (QED) is 0.661. The van der Waals surface area contributed by atoms with E-state index in [1.165, 1.54) is 12.1 Å². The van der Waals surface area contributed by atoms with Crippen LogP contribution in [0.15, 0.2) is 52.7 Å². The predicted molar refractivity (Wildman–Crippen MR) is 69.1 cm³/mol. The summed E-state index contributed by atoms with van der Waals surface area (Å²) in [4.78, 5) is 10.6. The molecule has 0 heterocycles. The highest BCUT2D eigenvalue weighted by Crippen LogP contribution is 2.28. The Hall–Kier alpha value is -2.20. The summed E-state index contributed by atoms with van der Waals surface area (Å²) >= 11 is 5.86. The Labute approximate surface area is 109 Å². The van der Waals surface area contributed by atoms with E-state index in [1.54, 1.807) is 30.3 Å². The van der Waals surface area contributed by atoms with Crippen molar-refractivity contribution >= 4 is 29.3 Å². The number of hydrogen-bond acceptors (Lipinski definition) is 4. The molecule has 0 atom stereocenters. The number of halogens is 1. The van der Waals surface area contributed by atoms with Gasteiger partial charge in [-0.3, -0.25) is 4.79 Å². The van der Waals surface area contributed by atoms with Gasteiger partial charge in [-0.05, 0) is 30.3 Å². The summed E-state index contributed by atoms with van der Waals surface area (Å²) in [7, 11) is 0. The Morgan fingerprint density at radius 1 is 1.11 bits per heavy atom. The third kappa shape index (κ3) is 2.73. The lowest BCUT2D eigenvalue weighted by molar-refractivity contribution is 0.112. The summed E-state index contributed by atoms with van der Waals surface area (Å²) in [5.74, 6) is 0.0526. The van der Waals surface area contributed by atoms with Crippen LogP contribution in [0.5, 0.6) is 5.75 Å². The van der Waals surface area contributed by atoms with Crippen LogP contribution in [-0.4, -0.2) is 11.4 Å². The van der Waals surface area contributed by atoms with Gasteiger partial charge in [-0.2, -0.15) is 5.11 Å². The molecular weight excluding hydrogens is 252 g/mol. The highest BCUT2D eigenvalue weighted by atomic mass is 35.5. The molecule has 18 heavy (non-hydrogen) atoms. The van der Waals surface area contributed by atoms with Crippen molar-refractivity contribution in [2.24, 2.45) is 10.2 Å². The number of aldehydes is 1. The van der Waals surface area contributed by atoms with Crippen molar-refractivity contribution in [3.63, 3.8) is 0 Å². The van der Waals surface area contributed by atoms with E-state index in [-0.39, 0.29) is 5.75 Å². The average molecular weight is 261 g/mol. The fourth-order valence-electron chi connectivity index (χ4n) is 1.33. The summed E-state index contributed by atoms with van der Waals surface area (Å²) in [5, 5.41) is 17.7. The molecule has 0 saturated heterocycles. The molecule has 0 aliphatic carbocycles. The number of para-hydroxylation sites is 1. The summed E-state index contributed by atoms with van der Waals surface area (Å²) in [6.07, 6.45) is 0.673. The van der Waals surface area contributed by atoms with Crippen molar-refractivity contribution in [1.29, 1.82) is 0 Å². The molecule has 2 rings (SSSR count). The van der Waals surface area contributed by atoms with E-state index >= 15 is 0 Å². The maximum absolute atomic E-state index is 10.6. The average Bonchev–Trinajstić information content (AvgIpc) is 2.38. The molecule has 0 aliphatic rings. The van der Waals surface area contributed by atoms with Gasteiger partial charge in [-0.15, -0.1) is 5.11 Å². The Morgan fingerprint density at radius 3 is 2.56 bits per heavy atom. The minimum atomic E-state index is 0.0526. The maximum Gasteiger partial charge on any atom is 0.151 e. The number of rotatable bonds is 3. The first-order valence-electron chi connectivity index (χ1n) is 5.15. The second kappa shape index (κ2) is 5.42. The molecule has 2 aromatic rings. The highest BCUT2D eigenvalue weighted by molar-refractivity contribution is 6.33. The molecule has 0 amide bonds. The molecule has 0 bridgehead atoms. The minimum absolute atomic E-state index is 0.0526. The first kappa shape index (κ1) is 12.3. The van der Waals surface area contributed by atoms with Crippen molar-refractivity contribution in [3.05, 3.63) is 53.1 Å². The Bertz CT molecular complexity index is 612. The van der Waals surface area contributed by atoms with Gasteiger partial charge in [0.05, 0.1) is 10.7 Å². The zero-order valence-corrected chi connectivity index (χ0v) is 10.0. The molecule has 0 saturated carbocycles. The molecule has 0 fully saturated rings. The predicted octanol–water partition coefficient (Wildman–Crippen LogP) is 4.27.